The van der Waals surface area contributed by atoms with Gasteiger partial charge in [-0.2, -0.15) is 5.53 Å². The molecule has 3 N–H and O–H groups in total. The van der Waals surface area contributed by atoms with Gasteiger partial charge in [0.1, 0.15) is 0 Å². The Labute approximate surface area is 77.1 Å². The molecule has 1 aliphatic carbocycles. The normalized spacial score (nSPS) is 39.5. The van der Waals surface area contributed by atoms with Gasteiger partial charge in [0.15, 0.2) is 0 Å². The Balaban J connectivity index is 1.99. The van der Waals surface area contributed by atoms with Gasteiger partial charge < -0.3 is 4.74 Å². The van der Waals surface area contributed by atoms with Gasteiger partial charge >= 0.3 is 0 Å². The predicted octanol–water partition coefficient (Wildman–Crippen LogP) is -0.691. The van der Waals surface area contributed by atoms with Crippen LogP contribution in [0.1, 0.15) is 19.3 Å². The average Bonchev–Trinajstić information content (AvgIpc) is 2.18. The molecule has 2 fully saturated rings. The summed E-state index contributed by atoms with van der Waals surface area (Å²) in [5.41, 5.74) is 8.30. The molecule has 3 atom stereocenters. The number of hydrogen-bond donors (Lipinski definition) is 3. The van der Waals surface area contributed by atoms with Crippen LogP contribution in [0, 0.1) is 5.92 Å². The third-order valence-electron chi connectivity index (χ3n) is 2.92. The van der Waals surface area contributed by atoms with E-state index < -0.39 is 0 Å². The number of nitrogens with one attached hydrogen (secondary N) is 3. The first-order valence-corrected chi connectivity index (χ1v) is 4.64. The zero-order valence-electron chi connectivity index (χ0n) is 7.67. The van der Waals surface area contributed by atoms with Crippen LogP contribution in [0.4, 0.5) is 0 Å². The summed E-state index contributed by atoms with van der Waals surface area (Å²) in [4.78, 5) is 11.4. The Bertz CT molecular complexity index is 210. The molecule has 0 aromatic rings. The lowest BCUT2D eigenvalue weighted by molar-refractivity contribution is -0.133. The van der Waals surface area contributed by atoms with Crippen LogP contribution < -0.4 is 16.4 Å². The second-order valence-corrected chi connectivity index (χ2v) is 3.64. The van der Waals surface area contributed by atoms with Crippen molar-refractivity contribution in [2.75, 3.05) is 7.11 Å². The van der Waals surface area contributed by atoms with Crippen LogP contribution in [0.2, 0.25) is 0 Å². The van der Waals surface area contributed by atoms with E-state index in [9.17, 15) is 4.79 Å². The van der Waals surface area contributed by atoms with Crippen molar-refractivity contribution < 1.29 is 9.53 Å². The molecule has 2 rings (SSSR count). The van der Waals surface area contributed by atoms with Gasteiger partial charge in [0.05, 0.1) is 12.0 Å². The molecule has 1 saturated carbocycles. The van der Waals surface area contributed by atoms with Crippen molar-refractivity contribution in [2.24, 2.45) is 5.92 Å². The smallest absolute Gasteiger partial charge is 0.239 e. The lowest BCUT2D eigenvalue weighted by Crippen LogP contribution is -2.64. The summed E-state index contributed by atoms with van der Waals surface area (Å²) in [6, 6.07) is 0.215. The molecule has 1 saturated heterocycles. The van der Waals surface area contributed by atoms with Crippen molar-refractivity contribution in [3.05, 3.63) is 0 Å². The Kier molecular flexibility index (Phi) is 2.48. The Morgan fingerprint density at radius 3 is 3.08 bits per heavy atom. The standard InChI is InChI=1S/C8H15N3O2/c1-13-5-2-3-6-7(4-5)9-11-10-8(6)12/h5-7,9,11H,2-4H2,1H3,(H,10,12). The third kappa shape index (κ3) is 1.67. The van der Waals surface area contributed by atoms with Gasteiger partial charge in [0.2, 0.25) is 5.91 Å². The molecule has 0 aromatic heterocycles. The van der Waals surface area contributed by atoms with Gasteiger partial charge in [0.25, 0.3) is 0 Å². The van der Waals surface area contributed by atoms with E-state index in [0.29, 0.717) is 6.10 Å². The second kappa shape index (κ2) is 3.61. The fourth-order valence-electron chi connectivity index (χ4n) is 2.10. The lowest BCUT2D eigenvalue weighted by Gasteiger charge is -2.38. The minimum atomic E-state index is 0.0957. The summed E-state index contributed by atoms with van der Waals surface area (Å²) in [5, 5.41) is 0. The minimum absolute atomic E-state index is 0.0957. The summed E-state index contributed by atoms with van der Waals surface area (Å²) in [6.07, 6.45) is 3.08. The van der Waals surface area contributed by atoms with Gasteiger partial charge in [-0.05, 0) is 19.3 Å². The number of carbonyl (C=O) groups is 1. The van der Waals surface area contributed by atoms with Gasteiger partial charge in [-0.25, -0.2) is 5.43 Å². The number of rotatable bonds is 1. The van der Waals surface area contributed by atoms with E-state index in [1.54, 1.807) is 7.11 Å². The molecule has 0 bridgehead atoms. The number of fused-ring (bicyclic) bond motifs is 1. The monoisotopic (exact) mass is 185 g/mol. The SMILES string of the molecule is COC1CCC2C(=O)NNNC2C1. The summed E-state index contributed by atoms with van der Waals surface area (Å²) < 4.78 is 5.28. The highest BCUT2D eigenvalue weighted by atomic mass is 16.5. The number of hydrazine groups is 2. The fraction of sp³-hybridized carbons (Fsp3) is 0.875. The highest BCUT2D eigenvalue weighted by molar-refractivity contribution is 5.79. The van der Waals surface area contributed by atoms with Crippen molar-refractivity contribution >= 4 is 5.91 Å². The largest absolute Gasteiger partial charge is 0.381 e. The first-order valence-electron chi connectivity index (χ1n) is 4.64. The van der Waals surface area contributed by atoms with Crippen molar-refractivity contribution in [1.82, 2.24) is 16.4 Å². The molecule has 74 valence electrons. The molecule has 1 amide bonds. The van der Waals surface area contributed by atoms with Crippen LogP contribution >= 0.6 is 0 Å². The lowest BCUT2D eigenvalue weighted by atomic mass is 9.82. The number of ether oxygens (including phenoxy) is 1. The minimum Gasteiger partial charge on any atom is -0.381 e. The molecule has 0 aromatic carbocycles. The van der Waals surface area contributed by atoms with E-state index in [-0.39, 0.29) is 17.9 Å². The molecule has 0 radical (unpaired) electrons. The zero-order chi connectivity index (χ0) is 9.26. The first kappa shape index (κ1) is 8.93. The molecule has 0 spiro atoms. The van der Waals surface area contributed by atoms with Gasteiger partial charge in [-0.1, -0.05) is 0 Å². The van der Waals surface area contributed by atoms with Crippen molar-refractivity contribution in [1.29, 1.82) is 0 Å². The van der Waals surface area contributed by atoms with Crippen LogP contribution in [0.3, 0.4) is 0 Å². The summed E-state index contributed by atoms with van der Waals surface area (Å²) >= 11 is 0. The van der Waals surface area contributed by atoms with Gasteiger partial charge in [0, 0.05) is 13.2 Å². The molecule has 5 nitrogen and oxygen atoms in total. The summed E-state index contributed by atoms with van der Waals surface area (Å²) in [5.74, 6) is 0.200. The summed E-state index contributed by atoms with van der Waals surface area (Å²) in [6.45, 7) is 0. The van der Waals surface area contributed by atoms with Crippen molar-refractivity contribution in [2.45, 2.75) is 31.4 Å². The van der Waals surface area contributed by atoms with Crippen molar-refractivity contribution in [3.8, 4) is 0 Å². The van der Waals surface area contributed by atoms with Gasteiger partial charge in [-0.15, -0.1) is 0 Å². The maximum atomic E-state index is 11.4. The quantitative estimate of drug-likeness (QED) is 0.506. The molecule has 1 heterocycles. The highest BCUT2D eigenvalue weighted by Crippen LogP contribution is 2.27. The fourth-order valence-corrected chi connectivity index (χ4v) is 2.10. The molecular formula is C8H15N3O2. The van der Waals surface area contributed by atoms with Crippen molar-refractivity contribution in [3.63, 3.8) is 0 Å². The van der Waals surface area contributed by atoms with E-state index in [2.05, 4.69) is 16.4 Å². The Morgan fingerprint density at radius 2 is 2.31 bits per heavy atom. The number of hydrogen-bond acceptors (Lipinski definition) is 4. The van der Waals surface area contributed by atoms with Crippen LogP contribution in [-0.2, 0) is 9.53 Å². The predicted molar refractivity (Wildman–Crippen MR) is 46.3 cm³/mol. The summed E-state index contributed by atoms with van der Waals surface area (Å²) in [7, 11) is 1.72. The van der Waals surface area contributed by atoms with Crippen LogP contribution in [0.25, 0.3) is 0 Å². The number of methoxy groups -OCH3 is 1. The van der Waals surface area contributed by atoms with Crippen LogP contribution in [-0.4, -0.2) is 25.2 Å². The second-order valence-electron chi connectivity index (χ2n) is 3.64. The average molecular weight is 185 g/mol. The van der Waals surface area contributed by atoms with E-state index in [1.165, 1.54) is 0 Å². The number of amides is 1. The maximum Gasteiger partial charge on any atom is 0.239 e. The number of carbonyl (C=O) groups excluding carboxylic acids is 1. The third-order valence-corrected chi connectivity index (χ3v) is 2.92. The Morgan fingerprint density at radius 1 is 1.46 bits per heavy atom. The van der Waals surface area contributed by atoms with E-state index in [4.69, 9.17) is 4.74 Å². The molecule has 5 heteroatoms. The molecule has 2 aliphatic rings. The molecule has 13 heavy (non-hydrogen) atoms. The molecule has 1 aliphatic heterocycles. The molecular weight excluding hydrogens is 170 g/mol. The maximum absolute atomic E-state index is 11.4. The first-order chi connectivity index (χ1) is 6.31. The molecule has 3 unspecified atom stereocenters. The van der Waals surface area contributed by atoms with Crippen LogP contribution in [0.5, 0.6) is 0 Å². The van der Waals surface area contributed by atoms with Gasteiger partial charge in [-0.3, -0.25) is 10.2 Å². The highest BCUT2D eigenvalue weighted by Gasteiger charge is 2.37. The topological polar surface area (TPSA) is 62.4 Å². The van der Waals surface area contributed by atoms with E-state index in [0.717, 1.165) is 19.3 Å². The van der Waals surface area contributed by atoms with E-state index >= 15 is 0 Å². The zero-order valence-corrected chi connectivity index (χ0v) is 7.67. The van der Waals surface area contributed by atoms with Crippen LogP contribution in [0.15, 0.2) is 0 Å². The van der Waals surface area contributed by atoms with E-state index in [1.807, 2.05) is 0 Å². The Hall–Kier alpha value is -0.650.